The average Bonchev–Trinajstić information content (AvgIpc) is 3.25. The number of aryl methyl sites for hydroxylation is 1. The molecule has 3 aromatic rings. The second-order valence-corrected chi connectivity index (χ2v) is 9.10. The number of aliphatic imine (C=N–C) groups is 1. The number of hydrogen-bond donors (Lipinski definition) is 0. The number of carbonyl (C=O) groups excluding carboxylic acids is 1. The molecule has 0 saturated heterocycles. The van der Waals surface area contributed by atoms with Gasteiger partial charge in [-0.2, -0.15) is 0 Å². The van der Waals surface area contributed by atoms with Gasteiger partial charge in [0.15, 0.2) is 11.5 Å². The van der Waals surface area contributed by atoms with Crippen LogP contribution in [0.15, 0.2) is 76.9 Å². The van der Waals surface area contributed by atoms with Crippen molar-refractivity contribution >= 4 is 17.7 Å². The lowest BCUT2D eigenvalue weighted by Gasteiger charge is -2.11. The maximum absolute atomic E-state index is 12.4. The first-order valence-electron chi connectivity index (χ1n) is 12.0. The number of rotatable bonds is 9. The first-order chi connectivity index (χ1) is 17.7. The van der Waals surface area contributed by atoms with E-state index in [9.17, 15) is 18.0 Å². The molecule has 4 rings (SSSR count). The fraction of sp³-hybridized carbons (Fsp3) is 0.276. The summed E-state index contributed by atoms with van der Waals surface area (Å²) in [7, 11) is 0. The Hall–Kier alpha value is -3.94. The standard InChI is InChI=1S/C29H27F3N2O3/c1-19(2)26-6-4-3-5-21(26)15-23(35)18-33-17-20-7-10-24(11-8-20)37-34-28-14-9-22-16-25(12-13-27(22)28)36-29(30,31)32/h3-8,10-13,16-17,19H,9,14-15,18H2,1-2H3/b33-17?,34-28+. The number of halogens is 3. The van der Waals surface area contributed by atoms with Gasteiger partial charge in [0.25, 0.3) is 0 Å². The van der Waals surface area contributed by atoms with Crippen LogP contribution in [0.4, 0.5) is 13.2 Å². The molecule has 0 unspecified atom stereocenters. The normalized spacial score (nSPS) is 14.4. The molecular weight excluding hydrogens is 481 g/mol. The van der Waals surface area contributed by atoms with E-state index in [1.807, 2.05) is 18.2 Å². The molecule has 0 fully saturated rings. The number of fused-ring (bicyclic) bond motifs is 1. The van der Waals surface area contributed by atoms with Crippen molar-refractivity contribution < 1.29 is 27.5 Å². The number of hydrogen-bond acceptors (Lipinski definition) is 5. The maximum atomic E-state index is 12.4. The second-order valence-electron chi connectivity index (χ2n) is 9.10. The lowest BCUT2D eigenvalue weighted by molar-refractivity contribution is -0.274. The minimum atomic E-state index is -4.72. The Morgan fingerprint density at radius 2 is 1.73 bits per heavy atom. The largest absolute Gasteiger partial charge is 0.573 e. The van der Waals surface area contributed by atoms with Crippen LogP contribution in [0.1, 0.15) is 54.0 Å². The van der Waals surface area contributed by atoms with Crippen molar-refractivity contribution in [2.45, 2.75) is 45.4 Å². The lowest BCUT2D eigenvalue weighted by Crippen LogP contribution is -2.17. The average molecular weight is 509 g/mol. The van der Waals surface area contributed by atoms with Crippen molar-refractivity contribution in [2.24, 2.45) is 10.1 Å². The van der Waals surface area contributed by atoms with Gasteiger partial charge in [-0.25, -0.2) is 0 Å². The van der Waals surface area contributed by atoms with E-state index in [2.05, 4.69) is 34.8 Å². The summed E-state index contributed by atoms with van der Waals surface area (Å²) in [6, 6.07) is 19.3. The van der Waals surface area contributed by atoms with Crippen LogP contribution in [0.5, 0.6) is 11.5 Å². The lowest BCUT2D eigenvalue weighted by atomic mass is 9.94. The molecule has 37 heavy (non-hydrogen) atoms. The molecule has 3 aromatic carbocycles. The van der Waals surface area contributed by atoms with Crippen molar-refractivity contribution in [3.05, 3.63) is 94.5 Å². The molecule has 192 valence electrons. The maximum Gasteiger partial charge on any atom is 0.573 e. The zero-order valence-corrected chi connectivity index (χ0v) is 20.6. The summed E-state index contributed by atoms with van der Waals surface area (Å²) in [5.74, 6) is 0.672. The number of ketones is 1. The van der Waals surface area contributed by atoms with Crippen LogP contribution >= 0.6 is 0 Å². The molecule has 0 N–H and O–H groups in total. The first-order valence-corrected chi connectivity index (χ1v) is 12.0. The zero-order chi connectivity index (χ0) is 26.4. The van der Waals surface area contributed by atoms with Gasteiger partial charge in [-0.3, -0.25) is 9.79 Å². The molecule has 0 heterocycles. The Labute approximate surface area is 213 Å². The van der Waals surface area contributed by atoms with Crippen LogP contribution in [0.2, 0.25) is 0 Å². The SMILES string of the molecule is CC(C)c1ccccc1CC(=O)CN=Cc1ccc(O/N=C2\CCc3cc(OC(F)(F)F)ccc32)cc1. The molecule has 0 aromatic heterocycles. The van der Waals surface area contributed by atoms with Gasteiger partial charge in [0.2, 0.25) is 0 Å². The fourth-order valence-electron chi connectivity index (χ4n) is 4.24. The third-order valence-electron chi connectivity index (χ3n) is 5.97. The Morgan fingerprint density at radius 3 is 2.46 bits per heavy atom. The quantitative estimate of drug-likeness (QED) is 0.240. The van der Waals surface area contributed by atoms with E-state index in [1.165, 1.54) is 17.7 Å². The monoisotopic (exact) mass is 508 g/mol. The molecule has 1 aliphatic carbocycles. The molecule has 0 atom stereocenters. The number of oxime groups is 1. The molecule has 0 bridgehead atoms. The summed E-state index contributed by atoms with van der Waals surface area (Å²) in [5, 5.41) is 4.19. The Bertz CT molecular complexity index is 1310. The number of alkyl halides is 3. The molecule has 0 amide bonds. The van der Waals surface area contributed by atoms with Gasteiger partial charge < -0.3 is 9.57 Å². The Kier molecular flexibility index (Phi) is 8.06. The van der Waals surface area contributed by atoms with E-state index in [0.717, 1.165) is 22.3 Å². The van der Waals surface area contributed by atoms with Crippen LogP contribution in [0.3, 0.4) is 0 Å². The molecule has 1 aliphatic rings. The smallest absolute Gasteiger partial charge is 0.406 e. The van der Waals surface area contributed by atoms with E-state index >= 15 is 0 Å². The van der Waals surface area contributed by atoms with Crippen molar-refractivity contribution in [1.82, 2.24) is 0 Å². The topological polar surface area (TPSA) is 60.2 Å². The summed E-state index contributed by atoms with van der Waals surface area (Å²) in [6.45, 7) is 4.33. The summed E-state index contributed by atoms with van der Waals surface area (Å²) >= 11 is 0. The third kappa shape index (κ3) is 7.29. The van der Waals surface area contributed by atoms with E-state index in [-0.39, 0.29) is 18.1 Å². The van der Waals surface area contributed by atoms with E-state index in [0.29, 0.717) is 36.6 Å². The van der Waals surface area contributed by atoms with Crippen LogP contribution in [0.25, 0.3) is 0 Å². The summed E-state index contributed by atoms with van der Waals surface area (Å²) < 4.78 is 41.3. The molecule has 0 aliphatic heterocycles. The molecule has 0 radical (unpaired) electrons. The second kappa shape index (κ2) is 11.4. The number of carbonyl (C=O) groups is 1. The molecule has 8 heteroatoms. The van der Waals surface area contributed by atoms with Gasteiger partial charge in [0, 0.05) is 18.2 Å². The fourth-order valence-corrected chi connectivity index (χ4v) is 4.24. The van der Waals surface area contributed by atoms with Gasteiger partial charge in [0.1, 0.15) is 5.75 Å². The van der Waals surface area contributed by atoms with Gasteiger partial charge in [-0.05, 0) is 83.5 Å². The highest BCUT2D eigenvalue weighted by Crippen LogP contribution is 2.30. The van der Waals surface area contributed by atoms with Gasteiger partial charge in [-0.15, -0.1) is 13.2 Å². The van der Waals surface area contributed by atoms with E-state index < -0.39 is 6.36 Å². The highest BCUT2D eigenvalue weighted by atomic mass is 19.4. The van der Waals surface area contributed by atoms with Crippen molar-refractivity contribution in [2.75, 3.05) is 6.54 Å². The first kappa shape index (κ1) is 26.1. The Balaban J connectivity index is 1.30. The third-order valence-corrected chi connectivity index (χ3v) is 5.97. The van der Waals surface area contributed by atoms with Crippen LogP contribution in [0, 0.1) is 0 Å². The zero-order valence-electron chi connectivity index (χ0n) is 20.6. The Morgan fingerprint density at radius 1 is 1.00 bits per heavy atom. The predicted octanol–water partition coefficient (Wildman–Crippen LogP) is 6.67. The van der Waals surface area contributed by atoms with Gasteiger partial charge in [0.05, 0.1) is 12.3 Å². The van der Waals surface area contributed by atoms with Crippen LogP contribution in [-0.2, 0) is 17.6 Å². The summed E-state index contributed by atoms with van der Waals surface area (Å²) in [5.41, 5.74) is 5.19. The summed E-state index contributed by atoms with van der Waals surface area (Å²) in [4.78, 5) is 22.2. The minimum absolute atomic E-state index is 0.0501. The van der Waals surface area contributed by atoms with Crippen molar-refractivity contribution in [3.8, 4) is 11.5 Å². The predicted molar refractivity (Wildman–Crippen MR) is 137 cm³/mol. The molecular formula is C29H27F3N2O3. The number of nitrogens with zero attached hydrogens (tertiary/aromatic N) is 2. The highest BCUT2D eigenvalue weighted by Gasteiger charge is 2.31. The van der Waals surface area contributed by atoms with Crippen LogP contribution < -0.4 is 9.57 Å². The summed E-state index contributed by atoms with van der Waals surface area (Å²) in [6.07, 6.45) is -1.59. The number of benzene rings is 3. The molecule has 0 spiro atoms. The molecule has 5 nitrogen and oxygen atoms in total. The highest BCUT2D eigenvalue weighted by molar-refractivity contribution is 6.04. The molecule has 0 saturated carbocycles. The van der Waals surface area contributed by atoms with Crippen molar-refractivity contribution in [3.63, 3.8) is 0 Å². The van der Waals surface area contributed by atoms with Gasteiger partial charge >= 0.3 is 6.36 Å². The van der Waals surface area contributed by atoms with Crippen molar-refractivity contribution in [1.29, 1.82) is 0 Å². The van der Waals surface area contributed by atoms with E-state index in [1.54, 1.807) is 36.5 Å². The minimum Gasteiger partial charge on any atom is -0.406 e. The van der Waals surface area contributed by atoms with Crippen LogP contribution in [-0.4, -0.2) is 30.6 Å². The van der Waals surface area contributed by atoms with E-state index in [4.69, 9.17) is 4.84 Å². The van der Waals surface area contributed by atoms with Gasteiger partial charge in [-0.1, -0.05) is 43.3 Å². The number of ether oxygens (including phenoxy) is 1. The number of Topliss-reactive ketones (excluding diaryl/α,β-unsaturated/α-hetero) is 1.